The van der Waals surface area contributed by atoms with Crippen LogP contribution in [-0.4, -0.2) is 18.5 Å². The van der Waals surface area contributed by atoms with Crippen LogP contribution in [0.15, 0.2) is 53.0 Å². The van der Waals surface area contributed by atoms with Gasteiger partial charge in [-0.3, -0.25) is 4.90 Å². The number of likely N-dealkylation sites (N-methyl/N-ethyl adjacent to an activating group) is 1. The zero-order valence-electron chi connectivity index (χ0n) is 11.4. The molecule has 2 aromatic carbocycles. The van der Waals surface area contributed by atoms with Gasteiger partial charge in [-0.15, -0.1) is 0 Å². The van der Waals surface area contributed by atoms with Crippen LogP contribution >= 0.6 is 27.5 Å². The Labute approximate surface area is 133 Å². The van der Waals surface area contributed by atoms with Gasteiger partial charge in [-0.05, 0) is 36.4 Å². The van der Waals surface area contributed by atoms with Crippen molar-refractivity contribution in [3.05, 3.63) is 69.2 Å². The highest BCUT2D eigenvalue weighted by Crippen LogP contribution is 2.25. The predicted molar refractivity (Wildman–Crippen MR) is 88.9 cm³/mol. The first-order valence-electron chi connectivity index (χ1n) is 6.51. The van der Waals surface area contributed by atoms with Gasteiger partial charge in [0, 0.05) is 28.6 Å². The maximum absolute atomic E-state index is 6.07. The maximum Gasteiger partial charge on any atom is 0.0471 e. The number of rotatable bonds is 5. The summed E-state index contributed by atoms with van der Waals surface area (Å²) in [6.45, 7) is 1.39. The summed E-state index contributed by atoms with van der Waals surface area (Å²) in [6.07, 6.45) is 0. The maximum atomic E-state index is 6.07. The zero-order chi connectivity index (χ0) is 14.5. The van der Waals surface area contributed by atoms with Gasteiger partial charge in [-0.1, -0.05) is 57.9 Å². The Morgan fingerprint density at radius 1 is 1.20 bits per heavy atom. The lowest BCUT2D eigenvalue weighted by molar-refractivity contribution is 0.241. The fourth-order valence-electron chi connectivity index (χ4n) is 2.29. The molecule has 0 saturated heterocycles. The van der Waals surface area contributed by atoms with E-state index in [0.717, 1.165) is 21.6 Å². The highest BCUT2D eigenvalue weighted by molar-refractivity contribution is 9.10. The second-order valence-electron chi connectivity index (χ2n) is 4.81. The monoisotopic (exact) mass is 352 g/mol. The van der Waals surface area contributed by atoms with Gasteiger partial charge in [-0.25, -0.2) is 0 Å². The van der Waals surface area contributed by atoms with Crippen LogP contribution in [0.1, 0.15) is 17.2 Å². The van der Waals surface area contributed by atoms with Gasteiger partial charge in [0.25, 0.3) is 0 Å². The van der Waals surface area contributed by atoms with E-state index in [2.05, 4.69) is 46.1 Å². The van der Waals surface area contributed by atoms with Gasteiger partial charge in [0.2, 0.25) is 0 Å². The summed E-state index contributed by atoms with van der Waals surface area (Å²) in [6, 6.07) is 16.3. The van der Waals surface area contributed by atoms with Crippen LogP contribution in [0.25, 0.3) is 0 Å². The van der Waals surface area contributed by atoms with Crippen LogP contribution in [0.2, 0.25) is 5.02 Å². The van der Waals surface area contributed by atoms with E-state index in [0.29, 0.717) is 6.54 Å². The zero-order valence-corrected chi connectivity index (χ0v) is 13.7. The third kappa shape index (κ3) is 3.83. The highest BCUT2D eigenvalue weighted by Gasteiger charge is 2.16. The van der Waals surface area contributed by atoms with Crippen molar-refractivity contribution in [1.82, 2.24) is 4.90 Å². The van der Waals surface area contributed by atoms with E-state index in [-0.39, 0.29) is 6.04 Å². The average molecular weight is 354 g/mol. The second-order valence-corrected chi connectivity index (χ2v) is 6.10. The SMILES string of the molecule is CN(Cc1ccccc1Br)C(CN)c1cccc(Cl)c1. The van der Waals surface area contributed by atoms with Crippen molar-refractivity contribution in [3.8, 4) is 0 Å². The van der Waals surface area contributed by atoms with Gasteiger partial charge in [0.1, 0.15) is 0 Å². The van der Waals surface area contributed by atoms with Crippen LogP contribution in [0.3, 0.4) is 0 Å². The highest BCUT2D eigenvalue weighted by atomic mass is 79.9. The van der Waals surface area contributed by atoms with Crippen molar-refractivity contribution < 1.29 is 0 Å². The summed E-state index contributed by atoms with van der Waals surface area (Å²) in [5, 5.41) is 0.746. The van der Waals surface area contributed by atoms with Crippen LogP contribution in [0.5, 0.6) is 0 Å². The van der Waals surface area contributed by atoms with E-state index in [1.54, 1.807) is 0 Å². The Kier molecular flexibility index (Phi) is 5.61. The summed E-state index contributed by atoms with van der Waals surface area (Å²) in [5.74, 6) is 0. The lowest BCUT2D eigenvalue weighted by Gasteiger charge is -2.28. The number of nitrogens with zero attached hydrogens (tertiary/aromatic N) is 1. The first kappa shape index (κ1) is 15.5. The molecule has 0 aromatic heterocycles. The third-order valence-electron chi connectivity index (χ3n) is 3.37. The number of halogens is 2. The van der Waals surface area contributed by atoms with Crippen molar-refractivity contribution in [2.45, 2.75) is 12.6 Å². The van der Waals surface area contributed by atoms with Crippen molar-refractivity contribution in [3.63, 3.8) is 0 Å². The average Bonchev–Trinajstić information content (AvgIpc) is 2.42. The van der Waals surface area contributed by atoms with E-state index < -0.39 is 0 Å². The Morgan fingerprint density at radius 3 is 2.60 bits per heavy atom. The molecule has 2 rings (SSSR count). The normalized spacial score (nSPS) is 12.7. The molecular formula is C16H18BrClN2. The molecule has 0 radical (unpaired) electrons. The minimum absolute atomic E-state index is 0.154. The molecule has 0 bridgehead atoms. The summed E-state index contributed by atoms with van der Waals surface area (Å²) in [7, 11) is 2.08. The number of hydrogen-bond donors (Lipinski definition) is 1. The van der Waals surface area contributed by atoms with Crippen molar-refractivity contribution in [2.24, 2.45) is 5.73 Å². The van der Waals surface area contributed by atoms with Crippen LogP contribution in [0, 0.1) is 0 Å². The lowest BCUT2D eigenvalue weighted by atomic mass is 10.0. The van der Waals surface area contributed by atoms with E-state index in [1.165, 1.54) is 5.56 Å². The summed E-state index contributed by atoms with van der Waals surface area (Å²) in [4.78, 5) is 2.24. The largest absolute Gasteiger partial charge is 0.329 e. The van der Waals surface area contributed by atoms with Crippen molar-refractivity contribution in [1.29, 1.82) is 0 Å². The quantitative estimate of drug-likeness (QED) is 0.871. The molecule has 2 aromatic rings. The Hall–Kier alpha value is -0.870. The molecule has 2 N–H and O–H groups in total. The summed E-state index contributed by atoms with van der Waals surface area (Å²) in [5.41, 5.74) is 8.34. The van der Waals surface area contributed by atoms with Gasteiger partial charge >= 0.3 is 0 Å². The predicted octanol–water partition coefficient (Wildman–Crippen LogP) is 4.23. The molecule has 1 atom stereocenters. The molecule has 0 fully saturated rings. The van der Waals surface area contributed by atoms with Gasteiger partial charge < -0.3 is 5.73 Å². The van der Waals surface area contributed by atoms with Gasteiger partial charge in [-0.2, -0.15) is 0 Å². The molecule has 106 valence electrons. The van der Waals surface area contributed by atoms with E-state index in [9.17, 15) is 0 Å². The molecule has 0 aliphatic rings. The molecule has 0 heterocycles. The standard InChI is InChI=1S/C16H18BrClN2/c1-20(11-13-5-2-3-8-15(13)17)16(10-19)12-6-4-7-14(18)9-12/h2-9,16H,10-11,19H2,1H3. The molecule has 0 amide bonds. The molecule has 4 heteroatoms. The molecule has 2 nitrogen and oxygen atoms in total. The summed E-state index contributed by atoms with van der Waals surface area (Å²) < 4.78 is 1.12. The van der Waals surface area contributed by atoms with Crippen LogP contribution in [0.4, 0.5) is 0 Å². The van der Waals surface area contributed by atoms with Crippen LogP contribution in [-0.2, 0) is 6.54 Å². The first-order chi connectivity index (χ1) is 9.61. The van der Waals surface area contributed by atoms with Crippen LogP contribution < -0.4 is 5.73 Å². The Bertz CT molecular complexity index is 574. The Morgan fingerprint density at radius 2 is 1.95 bits per heavy atom. The topological polar surface area (TPSA) is 29.3 Å². The second kappa shape index (κ2) is 7.23. The fourth-order valence-corrected chi connectivity index (χ4v) is 2.90. The molecule has 0 saturated carbocycles. The van der Waals surface area contributed by atoms with E-state index >= 15 is 0 Å². The smallest absolute Gasteiger partial charge is 0.0471 e. The molecule has 20 heavy (non-hydrogen) atoms. The van der Waals surface area contributed by atoms with E-state index in [4.69, 9.17) is 17.3 Å². The molecule has 0 spiro atoms. The minimum Gasteiger partial charge on any atom is -0.329 e. The van der Waals surface area contributed by atoms with Crippen molar-refractivity contribution >= 4 is 27.5 Å². The lowest BCUT2D eigenvalue weighted by Crippen LogP contribution is -2.30. The molecular weight excluding hydrogens is 336 g/mol. The molecule has 0 aliphatic carbocycles. The van der Waals surface area contributed by atoms with Crippen molar-refractivity contribution in [2.75, 3.05) is 13.6 Å². The molecule has 0 aliphatic heterocycles. The van der Waals surface area contributed by atoms with Gasteiger partial charge in [0.05, 0.1) is 0 Å². The number of hydrogen-bond acceptors (Lipinski definition) is 2. The first-order valence-corrected chi connectivity index (χ1v) is 7.68. The minimum atomic E-state index is 0.154. The number of nitrogens with two attached hydrogens (primary N) is 1. The fraction of sp³-hybridized carbons (Fsp3) is 0.250. The third-order valence-corrected chi connectivity index (χ3v) is 4.38. The van der Waals surface area contributed by atoms with E-state index in [1.807, 2.05) is 30.3 Å². The number of benzene rings is 2. The molecule has 1 unspecified atom stereocenters. The Balaban J connectivity index is 2.17. The summed E-state index contributed by atoms with van der Waals surface area (Å²) >= 11 is 9.65. The van der Waals surface area contributed by atoms with Gasteiger partial charge in [0.15, 0.2) is 0 Å².